The van der Waals surface area contributed by atoms with Crippen molar-refractivity contribution in [1.29, 1.82) is 0 Å². The molecule has 0 unspecified atom stereocenters. The number of carboxylic acids is 1. The van der Waals surface area contributed by atoms with Gasteiger partial charge in [-0.15, -0.1) is 0 Å². The highest BCUT2D eigenvalue weighted by Gasteiger charge is 1.84. The van der Waals surface area contributed by atoms with Crippen LogP contribution in [-0.4, -0.2) is 17.2 Å². The lowest BCUT2D eigenvalue weighted by atomic mass is 10.4. The number of carbonyl (C=O) groups excluding carboxylic acids is 1. The van der Waals surface area contributed by atoms with E-state index in [1.807, 2.05) is 5.92 Å². The van der Waals surface area contributed by atoms with Gasteiger partial charge in [0.15, 0.2) is 0 Å². The molecule has 0 aliphatic heterocycles. The number of allylic oxidation sites excluding steroid dienone is 1. The maximum Gasteiger partial charge on any atom is 0.409 e. The smallest absolute Gasteiger partial charge is 0.409 e. The summed E-state index contributed by atoms with van der Waals surface area (Å²) in [6.07, 6.45) is 1.71. The summed E-state index contributed by atoms with van der Waals surface area (Å²) in [5.74, 6) is 2.97. The van der Waals surface area contributed by atoms with Gasteiger partial charge in [0.05, 0.1) is 6.26 Å². The van der Waals surface area contributed by atoms with E-state index in [2.05, 4.69) is 16.4 Å². The van der Waals surface area contributed by atoms with Gasteiger partial charge < -0.3 is 15.6 Å². The summed E-state index contributed by atoms with van der Waals surface area (Å²) in [5.41, 5.74) is 4.61. The Hall–Kier alpha value is -1.96. The van der Waals surface area contributed by atoms with Crippen molar-refractivity contribution >= 4 is 12.1 Å². The summed E-state index contributed by atoms with van der Waals surface area (Å²) < 4.78 is 4.19. The van der Waals surface area contributed by atoms with E-state index in [-0.39, 0.29) is 6.42 Å². The zero-order valence-electron chi connectivity index (χ0n) is 6.11. The molecule has 0 aromatic rings. The molecule has 3 N–H and O–H groups in total. The summed E-state index contributed by atoms with van der Waals surface area (Å²) >= 11 is 0. The number of hydrogen-bond acceptors (Lipinski definition) is 3. The van der Waals surface area contributed by atoms with E-state index in [1.54, 1.807) is 0 Å². The predicted octanol–water partition coefficient (Wildman–Crippen LogP) is 0.0735. The fourth-order valence-electron chi connectivity index (χ4n) is 0.349. The summed E-state index contributed by atoms with van der Waals surface area (Å²) in [5, 5.41) is 8.06. The molecule has 12 heavy (non-hydrogen) atoms. The molecule has 0 atom stereocenters. The molecule has 0 aromatic heterocycles. The third-order valence-electron chi connectivity index (χ3n) is 0.696. The third kappa shape index (κ3) is 8.04. The quantitative estimate of drug-likeness (QED) is 0.452. The highest BCUT2D eigenvalue weighted by molar-refractivity contribution is 5.86. The van der Waals surface area contributed by atoms with Crippen LogP contribution < -0.4 is 5.73 Å². The minimum absolute atomic E-state index is 0.194. The molecule has 0 aromatic carbocycles. The van der Waals surface area contributed by atoms with Crippen LogP contribution in [0.1, 0.15) is 6.42 Å². The SMILES string of the molecule is NC(=O)O/C=C/CC#CC(=O)O. The Balaban J connectivity index is 3.57. The molecular formula is C7H7NO4. The number of ether oxygens (including phenoxy) is 1. The monoisotopic (exact) mass is 169 g/mol. The molecule has 1 amide bonds. The lowest BCUT2D eigenvalue weighted by Gasteiger charge is -1.86. The lowest BCUT2D eigenvalue weighted by Crippen LogP contribution is -2.08. The van der Waals surface area contributed by atoms with Crippen molar-refractivity contribution in [3.63, 3.8) is 0 Å². The molecular weight excluding hydrogens is 162 g/mol. The van der Waals surface area contributed by atoms with E-state index >= 15 is 0 Å². The van der Waals surface area contributed by atoms with E-state index < -0.39 is 12.1 Å². The van der Waals surface area contributed by atoms with Crippen LogP contribution in [-0.2, 0) is 9.53 Å². The number of hydrogen-bond donors (Lipinski definition) is 2. The number of aliphatic carboxylic acids is 1. The Bertz CT molecular complexity index is 258. The van der Waals surface area contributed by atoms with Gasteiger partial charge in [-0.3, -0.25) is 0 Å². The van der Waals surface area contributed by atoms with Crippen molar-refractivity contribution in [2.45, 2.75) is 6.42 Å². The molecule has 5 heteroatoms. The molecule has 0 radical (unpaired) electrons. The van der Waals surface area contributed by atoms with Crippen molar-refractivity contribution in [3.8, 4) is 11.8 Å². The van der Waals surface area contributed by atoms with Crippen LogP contribution in [0, 0.1) is 11.8 Å². The number of amides is 1. The van der Waals surface area contributed by atoms with E-state index in [4.69, 9.17) is 5.11 Å². The van der Waals surface area contributed by atoms with E-state index in [0.717, 1.165) is 6.26 Å². The van der Waals surface area contributed by atoms with Crippen LogP contribution in [0.5, 0.6) is 0 Å². The van der Waals surface area contributed by atoms with E-state index in [0.29, 0.717) is 0 Å². The maximum absolute atomic E-state index is 9.96. The van der Waals surface area contributed by atoms with Gasteiger partial charge in [0.25, 0.3) is 0 Å². The number of rotatable bonds is 2. The zero-order chi connectivity index (χ0) is 9.40. The molecule has 0 rings (SSSR count). The second-order valence-corrected chi connectivity index (χ2v) is 1.62. The molecule has 64 valence electrons. The van der Waals surface area contributed by atoms with Crippen molar-refractivity contribution in [2.24, 2.45) is 5.73 Å². The minimum Gasteiger partial charge on any atom is -0.472 e. The van der Waals surface area contributed by atoms with Gasteiger partial charge >= 0.3 is 12.1 Å². The standard InChI is InChI=1S/C7H7NO4/c8-7(11)12-5-3-1-2-4-6(9)10/h3,5H,1H2,(H2,8,11)(H,9,10)/b5-3+. The van der Waals surface area contributed by atoms with Gasteiger partial charge in [-0.1, -0.05) is 5.92 Å². The highest BCUT2D eigenvalue weighted by atomic mass is 16.5. The molecule has 0 spiro atoms. The summed E-state index contributed by atoms with van der Waals surface area (Å²) in [7, 11) is 0. The largest absolute Gasteiger partial charge is 0.472 e. The first-order valence-electron chi connectivity index (χ1n) is 2.96. The maximum atomic E-state index is 9.96. The minimum atomic E-state index is -1.20. The van der Waals surface area contributed by atoms with Crippen LogP contribution in [0.2, 0.25) is 0 Å². The van der Waals surface area contributed by atoms with Gasteiger partial charge in [-0.25, -0.2) is 9.59 Å². The van der Waals surface area contributed by atoms with Crippen LogP contribution in [0.15, 0.2) is 12.3 Å². The molecule has 0 saturated carbocycles. The van der Waals surface area contributed by atoms with Crippen molar-refractivity contribution in [3.05, 3.63) is 12.3 Å². The second kappa shape index (κ2) is 5.80. The Morgan fingerprint density at radius 1 is 1.58 bits per heavy atom. The zero-order valence-corrected chi connectivity index (χ0v) is 6.11. The lowest BCUT2D eigenvalue weighted by molar-refractivity contribution is -0.130. The van der Waals surface area contributed by atoms with E-state index in [1.165, 1.54) is 6.08 Å². The first-order valence-corrected chi connectivity index (χ1v) is 2.96. The topological polar surface area (TPSA) is 89.6 Å². The van der Waals surface area contributed by atoms with Crippen LogP contribution in [0.4, 0.5) is 4.79 Å². The molecule has 0 heterocycles. The van der Waals surface area contributed by atoms with Crippen LogP contribution in [0.3, 0.4) is 0 Å². The molecule has 0 saturated heterocycles. The summed E-state index contributed by atoms with van der Waals surface area (Å²) in [6.45, 7) is 0. The third-order valence-corrected chi connectivity index (χ3v) is 0.696. The molecule has 5 nitrogen and oxygen atoms in total. The fourth-order valence-corrected chi connectivity index (χ4v) is 0.349. The van der Waals surface area contributed by atoms with Gasteiger partial charge in [0.1, 0.15) is 0 Å². The van der Waals surface area contributed by atoms with Crippen molar-refractivity contribution in [1.82, 2.24) is 0 Å². The Morgan fingerprint density at radius 2 is 2.25 bits per heavy atom. The molecule has 0 aliphatic rings. The van der Waals surface area contributed by atoms with Gasteiger partial charge in [0.2, 0.25) is 0 Å². The molecule has 0 fully saturated rings. The van der Waals surface area contributed by atoms with E-state index in [9.17, 15) is 9.59 Å². The summed E-state index contributed by atoms with van der Waals surface area (Å²) in [4.78, 5) is 19.8. The van der Waals surface area contributed by atoms with Crippen molar-refractivity contribution in [2.75, 3.05) is 0 Å². The predicted molar refractivity (Wildman–Crippen MR) is 39.8 cm³/mol. The number of carbonyl (C=O) groups is 2. The fraction of sp³-hybridized carbons (Fsp3) is 0.143. The Morgan fingerprint density at radius 3 is 2.75 bits per heavy atom. The molecule has 0 aliphatic carbocycles. The molecule has 0 bridgehead atoms. The first-order chi connectivity index (χ1) is 5.63. The number of nitrogens with two attached hydrogens (primary N) is 1. The average molecular weight is 169 g/mol. The first kappa shape index (κ1) is 10.0. The van der Waals surface area contributed by atoms with Crippen LogP contribution >= 0.6 is 0 Å². The highest BCUT2D eigenvalue weighted by Crippen LogP contribution is 1.81. The van der Waals surface area contributed by atoms with Gasteiger partial charge in [-0.05, 0) is 6.08 Å². The number of carboxylic acid groups (broad SMARTS) is 1. The Labute approximate surface area is 68.8 Å². The summed E-state index contributed by atoms with van der Waals surface area (Å²) in [6, 6.07) is 0. The number of primary amides is 1. The second-order valence-electron chi connectivity index (χ2n) is 1.62. The Kier molecular flexibility index (Phi) is 4.85. The van der Waals surface area contributed by atoms with Crippen LogP contribution in [0.25, 0.3) is 0 Å². The average Bonchev–Trinajstić information content (AvgIpc) is 1.95. The van der Waals surface area contributed by atoms with Crippen molar-refractivity contribution < 1.29 is 19.4 Å². The normalized spacial score (nSPS) is 8.67. The van der Waals surface area contributed by atoms with Gasteiger partial charge in [0, 0.05) is 12.3 Å². The van der Waals surface area contributed by atoms with Gasteiger partial charge in [-0.2, -0.15) is 0 Å².